The summed E-state index contributed by atoms with van der Waals surface area (Å²) in [4.78, 5) is 10.2. The third kappa shape index (κ3) is 3.13. The van der Waals surface area contributed by atoms with E-state index < -0.39 is 14.9 Å². The molecule has 0 radical (unpaired) electrons. The average molecular weight is 327 g/mol. The third-order valence-corrected chi connectivity index (χ3v) is 6.32. The fraction of sp³-hybridized carbons (Fsp3) is 0.571. The van der Waals surface area contributed by atoms with E-state index in [2.05, 4.69) is 0 Å². The van der Waals surface area contributed by atoms with Gasteiger partial charge in [0.1, 0.15) is 0 Å². The van der Waals surface area contributed by atoms with Gasteiger partial charge in [-0.3, -0.25) is 10.1 Å². The van der Waals surface area contributed by atoms with Crippen molar-refractivity contribution in [3.05, 3.63) is 34.4 Å². The first-order valence-electron chi connectivity index (χ1n) is 7.25. The predicted octanol–water partition coefficient (Wildman–Crippen LogP) is 1.73. The molecule has 2 rings (SSSR count). The Labute approximate surface area is 130 Å². The molecular formula is C14H21N3O4S. The number of nitro groups is 1. The fourth-order valence-electron chi connectivity index (χ4n) is 3.23. The summed E-state index contributed by atoms with van der Waals surface area (Å²) in [5.74, 6) is 0.327. The first-order valence-corrected chi connectivity index (χ1v) is 8.69. The van der Waals surface area contributed by atoms with E-state index in [-0.39, 0.29) is 22.7 Å². The van der Waals surface area contributed by atoms with Crippen LogP contribution in [0.4, 0.5) is 5.69 Å². The normalized spacial score (nSPS) is 26.8. The van der Waals surface area contributed by atoms with Gasteiger partial charge in [0.05, 0.1) is 9.82 Å². The van der Waals surface area contributed by atoms with Crippen molar-refractivity contribution in [1.29, 1.82) is 0 Å². The highest BCUT2D eigenvalue weighted by Gasteiger charge is 2.38. The number of hydrogen-bond acceptors (Lipinski definition) is 5. The van der Waals surface area contributed by atoms with Crippen LogP contribution in [-0.2, 0) is 10.0 Å². The van der Waals surface area contributed by atoms with Crippen LogP contribution in [0.1, 0.15) is 26.7 Å². The molecule has 2 atom stereocenters. The molecule has 0 saturated carbocycles. The SMILES string of the molecule is CC1CC(CN)CC(C)N1S(=O)(=O)c1ccc([N+](=O)[O-])cc1. The van der Waals surface area contributed by atoms with E-state index in [1.807, 2.05) is 13.8 Å². The van der Waals surface area contributed by atoms with E-state index in [1.165, 1.54) is 28.6 Å². The van der Waals surface area contributed by atoms with Gasteiger partial charge in [0.2, 0.25) is 10.0 Å². The minimum Gasteiger partial charge on any atom is -0.330 e. The molecule has 2 N–H and O–H groups in total. The van der Waals surface area contributed by atoms with Gasteiger partial charge in [-0.25, -0.2) is 8.42 Å². The highest BCUT2D eigenvalue weighted by molar-refractivity contribution is 7.89. The lowest BCUT2D eigenvalue weighted by atomic mass is 9.89. The lowest BCUT2D eigenvalue weighted by Gasteiger charge is -2.41. The largest absolute Gasteiger partial charge is 0.330 e. The van der Waals surface area contributed by atoms with Gasteiger partial charge in [0, 0.05) is 24.2 Å². The van der Waals surface area contributed by atoms with Gasteiger partial charge in [-0.05, 0) is 51.3 Å². The Kier molecular flexibility index (Phi) is 4.84. The molecule has 122 valence electrons. The number of non-ortho nitro benzene ring substituents is 1. The molecule has 0 spiro atoms. The van der Waals surface area contributed by atoms with Crippen LogP contribution >= 0.6 is 0 Å². The van der Waals surface area contributed by atoms with E-state index in [0.29, 0.717) is 12.5 Å². The molecule has 1 aromatic rings. The topological polar surface area (TPSA) is 107 Å². The molecule has 0 bridgehead atoms. The first kappa shape index (κ1) is 16.9. The average Bonchev–Trinajstić information content (AvgIpc) is 2.46. The number of nitrogens with zero attached hydrogens (tertiary/aromatic N) is 2. The molecule has 1 heterocycles. The summed E-state index contributed by atoms with van der Waals surface area (Å²) in [6.07, 6.45) is 1.46. The van der Waals surface area contributed by atoms with Crippen LogP contribution in [0.2, 0.25) is 0 Å². The second kappa shape index (κ2) is 6.31. The highest BCUT2D eigenvalue weighted by Crippen LogP contribution is 2.32. The van der Waals surface area contributed by atoms with Crippen molar-refractivity contribution in [2.75, 3.05) is 6.54 Å². The van der Waals surface area contributed by atoms with E-state index >= 15 is 0 Å². The first-order chi connectivity index (χ1) is 10.3. The van der Waals surface area contributed by atoms with Crippen molar-refractivity contribution in [1.82, 2.24) is 4.31 Å². The Morgan fingerprint density at radius 1 is 1.23 bits per heavy atom. The van der Waals surface area contributed by atoms with Gasteiger partial charge in [0.15, 0.2) is 0 Å². The Morgan fingerprint density at radius 2 is 1.73 bits per heavy atom. The van der Waals surface area contributed by atoms with E-state index in [0.717, 1.165) is 12.8 Å². The molecule has 2 unspecified atom stereocenters. The molecule has 1 aromatic carbocycles. The molecule has 1 aliphatic heterocycles. The van der Waals surface area contributed by atoms with E-state index in [4.69, 9.17) is 5.73 Å². The Hall–Kier alpha value is -1.51. The van der Waals surface area contributed by atoms with Gasteiger partial charge in [-0.2, -0.15) is 4.31 Å². The van der Waals surface area contributed by atoms with Crippen molar-refractivity contribution >= 4 is 15.7 Å². The van der Waals surface area contributed by atoms with Crippen LogP contribution in [0.15, 0.2) is 29.2 Å². The maximum atomic E-state index is 12.8. The molecule has 0 aliphatic carbocycles. The second-order valence-electron chi connectivity index (χ2n) is 5.86. The second-order valence-corrected chi connectivity index (χ2v) is 7.70. The number of benzene rings is 1. The van der Waals surface area contributed by atoms with Gasteiger partial charge in [0.25, 0.3) is 5.69 Å². The smallest absolute Gasteiger partial charge is 0.269 e. The Morgan fingerprint density at radius 3 is 2.14 bits per heavy atom. The summed E-state index contributed by atoms with van der Waals surface area (Å²) >= 11 is 0. The standard InChI is InChI=1S/C14H21N3O4S/c1-10-7-12(9-15)8-11(2)16(10)22(20,21)14-5-3-13(4-6-14)17(18)19/h3-6,10-12H,7-9,15H2,1-2H3. The molecule has 22 heavy (non-hydrogen) atoms. The van der Waals surface area contributed by atoms with Gasteiger partial charge < -0.3 is 5.73 Å². The number of piperidine rings is 1. The van der Waals surface area contributed by atoms with Gasteiger partial charge in [-0.15, -0.1) is 0 Å². The molecule has 1 aliphatic rings. The van der Waals surface area contributed by atoms with Crippen LogP contribution < -0.4 is 5.73 Å². The summed E-state index contributed by atoms with van der Waals surface area (Å²) in [6, 6.07) is 4.74. The van der Waals surface area contributed by atoms with Crippen LogP contribution in [0.25, 0.3) is 0 Å². The summed E-state index contributed by atoms with van der Waals surface area (Å²) < 4.78 is 27.1. The van der Waals surface area contributed by atoms with Crippen molar-refractivity contribution in [2.45, 2.75) is 43.7 Å². The lowest BCUT2D eigenvalue weighted by Crippen LogP contribution is -2.50. The Balaban J connectivity index is 2.31. The summed E-state index contributed by atoms with van der Waals surface area (Å²) in [6.45, 7) is 4.31. The molecule has 1 fully saturated rings. The van der Waals surface area contributed by atoms with E-state index in [1.54, 1.807) is 0 Å². The maximum absolute atomic E-state index is 12.8. The molecular weight excluding hydrogens is 306 g/mol. The van der Waals surface area contributed by atoms with Gasteiger partial charge in [-0.1, -0.05) is 0 Å². The van der Waals surface area contributed by atoms with Crippen molar-refractivity contribution in [2.24, 2.45) is 11.7 Å². The summed E-state index contributed by atoms with van der Waals surface area (Å²) in [5.41, 5.74) is 5.58. The monoisotopic (exact) mass is 327 g/mol. The summed E-state index contributed by atoms with van der Waals surface area (Å²) in [5, 5.41) is 10.7. The summed E-state index contributed by atoms with van der Waals surface area (Å²) in [7, 11) is -3.66. The number of nitro benzene ring substituents is 1. The van der Waals surface area contributed by atoms with Gasteiger partial charge >= 0.3 is 0 Å². The van der Waals surface area contributed by atoms with Crippen molar-refractivity contribution < 1.29 is 13.3 Å². The number of rotatable bonds is 4. The molecule has 0 aromatic heterocycles. The minimum atomic E-state index is -3.66. The zero-order valence-electron chi connectivity index (χ0n) is 12.7. The zero-order valence-corrected chi connectivity index (χ0v) is 13.5. The maximum Gasteiger partial charge on any atom is 0.269 e. The molecule has 7 nitrogen and oxygen atoms in total. The van der Waals surface area contributed by atoms with Crippen LogP contribution in [0.3, 0.4) is 0 Å². The van der Waals surface area contributed by atoms with Crippen LogP contribution in [-0.4, -0.2) is 36.3 Å². The lowest BCUT2D eigenvalue weighted by molar-refractivity contribution is -0.384. The molecule has 0 amide bonds. The number of sulfonamides is 1. The predicted molar refractivity (Wildman–Crippen MR) is 82.8 cm³/mol. The molecule has 8 heteroatoms. The van der Waals surface area contributed by atoms with Crippen molar-refractivity contribution in [3.8, 4) is 0 Å². The quantitative estimate of drug-likeness (QED) is 0.669. The number of nitrogens with two attached hydrogens (primary N) is 1. The molecule has 1 saturated heterocycles. The highest BCUT2D eigenvalue weighted by atomic mass is 32.2. The minimum absolute atomic E-state index is 0.0861. The van der Waals surface area contributed by atoms with Crippen LogP contribution in [0.5, 0.6) is 0 Å². The van der Waals surface area contributed by atoms with E-state index in [9.17, 15) is 18.5 Å². The Bertz CT molecular complexity index is 633. The number of hydrogen-bond donors (Lipinski definition) is 1. The third-order valence-electron chi connectivity index (χ3n) is 4.17. The van der Waals surface area contributed by atoms with Crippen molar-refractivity contribution in [3.63, 3.8) is 0 Å². The zero-order chi connectivity index (χ0) is 16.5. The fourth-order valence-corrected chi connectivity index (χ4v) is 5.07. The van der Waals surface area contributed by atoms with Crippen LogP contribution in [0, 0.1) is 16.0 Å².